The van der Waals surface area contributed by atoms with E-state index in [0.29, 0.717) is 12.5 Å². The molecule has 90 valence electrons. The van der Waals surface area contributed by atoms with E-state index < -0.39 is 0 Å². The highest BCUT2D eigenvalue weighted by Gasteiger charge is 2.19. The van der Waals surface area contributed by atoms with Crippen LogP contribution in [0.3, 0.4) is 0 Å². The maximum absolute atomic E-state index is 11.9. The van der Waals surface area contributed by atoms with Crippen LogP contribution < -0.4 is 0 Å². The summed E-state index contributed by atoms with van der Waals surface area (Å²) in [6.45, 7) is 8.62. The average molecular weight is 222 g/mol. The van der Waals surface area contributed by atoms with E-state index >= 15 is 0 Å². The van der Waals surface area contributed by atoms with E-state index in [-0.39, 0.29) is 11.7 Å². The second kappa shape index (κ2) is 6.51. The molecule has 0 aliphatic heterocycles. The van der Waals surface area contributed by atoms with Gasteiger partial charge in [-0.2, -0.15) is 0 Å². The highest BCUT2D eigenvalue weighted by atomic mass is 16.5. The number of ether oxygens (including phenoxy) is 1. The molecule has 0 N–H and O–H groups in total. The average Bonchev–Trinajstić information content (AvgIpc) is 2.39. The second-order valence-corrected chi connectivity index (χ2v) is 4.83. The highest BCUT2D eigenvalue weighted by Crippen LogP contribution is 2.23. The topological polar surface area (TPSA) is 26.3 Å². The summed E-state index contributed by atoms with van der Waals surface area (Å²) in [6.07, 6.45) is 7.20. The van der Waals surface area contributed by atoms with Gasteiger partial charge in [-0.15, -0.1) is 6.58 Å². The van der Waals surface area contributed by atoms with Crippen molar-refractivity contribution in [3.8, 4) is 0 Å². The molecule has 2 nitrogen and oxygen atoms in total. The lowest BCUT2D eigenvalue weighted by Gasteiger charge is -2.10. The zero-order chi connectivity index (χ0) is 12.0. The third-order valence-corrected chi connectivity index (χ3v) is 2.73. The summed E-state index contributed by atoms with van der Waals surface area (Å²) in [4.78, 5) is 11.9. The number of allylic oxidation sites excluding steroid dienone is 3. The van der Waals surface area contributed by atoms with E-state index in [1.165, 1.54) is 0 Å². The minimum absolute atomic E-state index is 0.123. The highest BCUT2D eigenvalue weighted by molar-refractivity contribution is 5.92. The van der Waals surface area contributed by atoms with E-state index in [0.717, 1.165) is 31.4 Å². The minimum atomic E-state index is 0.123. The number of carbonyl (C=O) groups is 1. The predicted molar refractivity (Wildman–Crippen MR) is 66.0 cm³/mol. The number of rotatable bonds is 5. The molecule has 0 aromatic heterocycles. The Bertz CT molecular complexity index is 276. The molecule has 1 atom stereocenters. The van der Waals surface area contributed by atoms with Gasteiger partial charge in [0.05, 0.1) is 12.4 Å². The molecule has 0 saturated heterocycles. The first-order valence-electron chi connectivity index (χ1n) is 6.11. The normalized spacial score (nSPS) is 21.6. The molecule has 0 amide bonds. The number of hydrogen-bond donors (Lipinski definition) is 0. The van der Waals surface area contributed by atoms with Gasteiger partial charge in [0.25, 0.3) is 0 Å². The van der Waals surface area contributed by atoms with E-state index in [9.17, 15) is 4.79 Å². The molecular weight excluding hydrogens is 200 g/mol. The molecule has 1 aliphatic rings. The van der Waals surface area contributed by atoms with Crippen LogP contribution in [0, 0.1) is 11.8 Å². The van der Waals surface area contributed by atoms with Crippen LogP contribution in [0.1, 0.15) is 39.5 Å². The van der Waals surface area contributed by atoms with Crippen molar-refractivity contribution in [2.45, 2.75) is 39.5 Å². The van der Waals surface area contributed by atoms with Crippen molar-refractivity contribution in [1.29, 1.82) is 0 Å². The first-order valence-corrected chi connectivity index (χ1v) is 6.11. The van der Waals surface area contributed by atoms with Crippen LogP contribution >= 0.6 is 0 Å². The standard InChI is InChI=1S/C14H22O2/c1-4-6-12-7-5-8-13(9-14(12)15)16-10-11(2)3/h4,9,11-12H,1,5-8,10H2,2-3H3. The SMILES string of the molecule is C=CCC1CCCC(OCC(C)C)=CC1=O. The number of carbonyl (C=O) groups excluding carboxylic acids is 1. The van der Waals surface area contributed by atoms with E-state index in [1.807, 2.05) is 6.08 Å². The van der Waals surface area contributed by atoms with Gasteiger partial charge in [0, 0.05) is 18.4 Å². The fourth-order valence-corrected chi connectivity index (χ4v) is 1.84. The van der Waals surface area contributed by atoms with Crippen LogP contribution in [0.15, 0.2) is 24.5 Å². The summed E-state index contributed by atoms with van der Waals surface area (Å²) in [5.41, 5.74) is 0. The lowest BCUT2D eigenvalue weighted by molar-refractivity contribution is -0.118. The Morgan fingerprint density at radius 1 is 1.62 bits per heavy atom. The quantitative estimate of drug-likeness (QED) is 0.666. The Labute approximate surface area is 98.4 Å². The first-order chi connectivity index (χ1) is 7.63. The summed E-state index contributed by atoms with van der Waals surface area (Å²) in [6, 6.07) is 0. The van der Waals surface area contributed by atoms with Gasteiger partial charge in [0.2, 0.25) is 0 Å². The molecule has 0 saturated carbocycles. The molecule has 16 heavy (non-hydrogen) atoms. The third-order valence-electron chi connectivity index (χ3n) is 2.73. The van der Waals surface area contributed by atoms with Gasteiger partial charge in [-0.05, 0) is 25.2 Å². The lowest BCUT2D eigenvalue weighted by atomic mass is 9.96. The van der Waals surface area contributed by atoms with Crippen LogP contribution in [0.25, 0.3) is 0 Å². The Morgan fingerprint density at radius 3 is 3.00 bits per heavy atom. The van der Waals surface area contributed by atoms with Gasteiger partial charge in [-0.1, -0.05) is 19.9 Å². The third kappa shape index (κ3) is 4.21. The lowest BCUT2D eigenvalue weighted by Crippen LogP contribution is -2.10. The summed E-state index contributed by atoms with van der Waals surface area (Å²) in [5, 5.41) is 0. The number of hydrogen-bond acceptors (Lipinski definition) is 2. The van der Waals surface area contributed by atoms with Gasteiger partial charge in [0.15, 0.2) is 5.78 Å². The Morgan fingerprint density at radius 2 is 2.38 bits per heavy atom. The van der Waals surface area contributed by atoms with Gasteiger partial charge in [0.1, 0.15) is 0 Å². The maximum atomic E-state index is 11.9. The van der Waals surface area contributed by atoms with Crippen LogP contribution in [-0.2, 0) is 9.53 Å². The van der Waals surface area contributed by atoms with Crippen LogP contribution in [0.2, 0.25) is 0 Å². The van der Waals surface area contributed by atoms with E-state index in [2.05, 4.69) is 20.4 Å². The van der Waals surface area contributed by atoms with Crippen molar-refractivity contribution in [3.05, 3.63) is 24.5 Å². The molecule has 0 bridgehead atoms. The van der Waals surface area contributed by atoms with Crippen LogP contribution in [-0.4, -0.2) is 12.4 Å². The maximum Gasteiger partial charge on any atom is 0.162 e. The summed E-state index contributed by atoms with van der Waals surface area (Å²) in [7, 11) is 0. The summed E-state index contributed by atoms with van der Waals surface area (Å²) < 4.78 is 5.64. The molecule has 2 heteroatoms. The molecule has 0 fully saturated rings. The molecule has 1 aliphatic carbocycles. The predicted octanol–water partition coefficient (Wildman–Crippen LogP) is 3.49. The van der Waals surface area contributed by atoms with Gasteiger partial charge >= 0.3 is 0 Å². The Hall–Kier alpha value is -1.05. The molecule has 0 radical (unpaired) electrons. The molecular formula is C14H22O2. The van der Waals surface area contributed by atoms with E-state index in [4.69, 9.17) is 4.74 Å². The summed E-state index contributed by atoms with van der Waals surface area (Å²) >= 11 is 0. The van der Waals surface area contributed by atoms with Gasteiger partial charge < -0.3 is 4.74 Å². The molecule has 0 aromatic carbocycles. The molecule has 0 aromatic rings. The Balaban J connectivity index is 2.55. The van der Waals surface area contributed by atoms with Crippen LogP contribution in [0.5, 0.6) is 0 Å². The zero-order valence-corrected chi connectivity index (χ0v) is 10.4. The largest absolute Gasteiger partial charge is 0.498 e. The van der Waals surface area contributed by atoms with Gasteiger partial charge in [-0.3, -0.25) is 4.79 Å². The van der Waals surface area contributed by atoms with Crippen molar-refractivity contribution >= 4 is 5.78 Å². The van der Waals surface area contributed by atoms with E-state index in [1.54, 1.807) is 6.08 Å². The fraction of sp³-hybridized carbons (Fsp3) is 0.643. The molecule has 1 rings (SSSR count). The molecule has 0 spiro atoms. The molecule has 1 unspecified atom stereocenters. The monoisotopic (exact) mass is 222 g/mol. The first kappa shape index (κ1) is 13.0. The Kier molecular flexibility index (Phi) is 5.30. The van der Waals surface area contributed by atoms with Gasteiger partial charge in [-0.25, -0.2) is 0 Å². The van der Waals surface area contributed by atoms with Crippen LogP contribution in [0.4, 0.5) is 0 Å². The minimum Gasteiger partial charge on any atom is -0.498 e. The van der Waals surface area contributed by atoms with Crippen molar-refractivity contribution in [2.24, 2.45) is 11.8 Å². The van der Waals surface area contributed by atoms with Crippen molar-refractivity contribution in [2.75, 3.05) is 6.61 Å². The summed E-state index contributed by atoms with van der Waals surface area (Å²) in [5.74, 6) is 1.70. The fourth-order valence-electron chi connectivity index (χ4n) is 1.84. The molecule has 0 heterocycles. The number of ketones is 1. The van der Waals surface area contributed by atoms with Crippen molar-refractivity contribution in [3.63, 3.8) is 0 Å². The second-order valence-electron chi connectivity index (χ2n) is 4.83. The van der Waals surface area contributed by atoms with Crippen molar-refractivity contribution < 1.29 is 9.53 Å². The smallest absolute Gasteiger partial charge is 0.162 e. The van der Waals surface area contributed by atoms with Crippen molar-refractivity contribution in [1.82, 2.24) is 0 Å². The zero-order valence-electron chi connectivity index (χ0n) is 10.4.